The maximum atomic E-state index is 13.2. The van der Waals surface area contributed by atoms with E-state index in [1.165, 1.54) is 0 Å². The molecule has 2 amide bonds. The number of halogens is 2. The Morgan fingerprint density at radius 2 is 1.55 bits per heavy atom. The zero-order valence-corrected chi connectivity index (χ0v) is 24.9. The van der Waals surface area contributed by atoms with E-state index in [4.69, 9.17) is 10.7 Å². The number of aliphatic hydroxyl groups excluding tert-OH is 1. The SMILES string of the molecule is CS(=O)(=O)Nc1ccc(-c2c[s+](Cl)c(NC(=O)N(CCO)CCC(c3ccccc3)c3ccccc3)n2)cc1.Cl. The van der Waals surface area contributed by atoms with E-state index in [9.17, 15) is 18.3 Å². The number of aliphatic hydroxyl groups is 1. The molecular weight excluding hydrogens is 591 g/mol. The molecule has 1 unspecified atom stereocenters. The number of carbonyl (C=O) groups is 1. The summed E-state index contributed by atoms with van der Waals surface area (Å²) in [6.07, 6.45) is 1.75. The van der Waals surface area contributed by atoms with Crippen molar-refractivity contribution in [2.75, 3.05) is 36.0 Å². The molecule has 8 nitrogen and oxygen atoms in total. The molecule has 212 valence electrons. The van der Waals surface area contributed by atoms with E-state index in [-0.39, 0.29) is 37.5 Å². The van der Waals surface area contributed by atoms with E-state index in [1.54, 1.807) is 34.5 Å². The van der Waals surface area contributed by atoms with Crippen molar-refractivity contribution in [3.05, 3.63) is 101 Å². The molecule has 40 heavy (non-hydrogen) atoms. The number of amides is 2. The Hall–Kier alpha value is -3.15. The molecular formula is C28H31Cl2N4O4S2+. The first-order valence-electron chi connectivity index (χ1n) is 12.3. The predicted octanol–water partition coefficient (Wildman–Crippen LogP) is 6.34. The van der Waals surface area contributed by atoms with Gasteiger partial charge in [-0.1, -0.05) is 72.8 Å². The van der Waals surface area contributed by atoms with Gasteiger partial charge < -0.3 is 10.0 Å². The van der Waals surface area contributed by atoms with Gasteiger partial charge in [-0.05, 0) is 29.7 Å². The van der Waals surface area contributed by atoms with Crippen molar-refractivity contribution in [3.63, 3.8) is 0 Å². The third kappa shape index (κ3) is 8.67. The molecule has 1 aromatic heterocycles. The van der Waals surface area contributed by atoms with Gasteiger partial charge in [0.05, 0.1) is 12.9 Å². The van der Waals surface area contributed by atoms with Crippen molar-refractivity contribution in [3.8, 4) is 11.3 Å². The van der Waals surface area contributed by atoms with Gasteiger partial charge in [-0.2, -0.15) is 4.98 Å². The molecule has 0 aliphatic carbocycles. The van der Waals surface area contributed by atoms with E-state index in [2.05, 4.69) is 39.3 Å². The van der Waals surface area contributed by atoms with Gasteiger partial charge in [0.2, 0.25) is 20.7 Å². The molecule has 3 N–H and O–H groups in total. The Morgan fingerprint density at radius 1 is 0.975 bits per heavy atom. The fraction of sp³-hybridized carbons (Fsp3) is 0.214. The van der Waals surface area contributed by atoms with Crippen molar-refractivity contribution < 1.29 is 18.3 Å². The number of urea groups is 1. The summed E-state index contributed by atoms with van der Waals surface area (Å²) < 4.78 is 25.3. The Morgan fingerprint density at radius 3 is 2.08 bits per heavy atom. The fourth-order valence-corrected chi connectivity index (χ4v) is 6.16. The number of thiazole rings is 1. The number of anilines is 2. The van der Waals surface area contributed by atoms with Crippen LogP contribution in [0.25, 0.3) is 11.3 Å². The molecule has 0 aliphatic rings. The molecule has 0 saturated heterocycles. The van der Waals surface area contributed by atoms with Gasteiger partial charge in [0.1, 0.15) is 15.4 Å². The summed E-state index contributed by atoms with van der Waals surface area (Å²) in [5, 5.41) is 14.5. The summed E-state index contributed by atoms with van der Waals surface area (Å²) >= 11 is 0. The molecule has 0 saturated carbocycles. The normalized spacial score (nSPS) is 11.6. The molecule has 4 rings (SSSR count). The predicted molar refractivity (Wildman–Crippen MR) is 166 cm³/mol. The molecule has 4 aromatic rings. The van der Waals surface area contributed by atoms with Crippen molar-refractivity contribution in [1.82, 2.24) is 9.88 Å². The van der Waals surface area contributed by atoms with Crippen LogP contribution in [0.4, 0.5) is 15.6 Å². The summed E-state index contributed by atoms with van der Waals surface area (Å²) in [6, 6.07) is 26.6. The minimum Gasteiger partial charge on any atom is -0.395 e. The zero-order valence-electron chi connectivity index (χ0n) is 21.7. The van der Waals surface area contributed by atoms with Crippen LogP contribution in [0.1, 0.15) is 23.5 Å². The largest absolute Gasteiger partial charge is 0.395 e. The average molecular weight is 623 g/mol. The number of carbonyl (C=O) groups excluding carboxylic acids is 1. The highest BCUT2D eigenvalue weighted by molar-refractivity contribution is 7.92. The molecule has 12 heteroatoms. The summed E-state index contributed by atoms with van der Waals surface area (Å²) in [5.41, 5.74) is 4.06. The lowest BCUT2D eigenvalue weighted by Crippen LogP contribution is -2.38. The van der Waals surface area contributed by atoms with Crippen LogP contribution in [0.2, 0.25) is 0 Å². The molecule has 1 atom stereocenters. The van der Waals surface area contributed by atoms with Crippen LogP contribution in [0, 0.1) is 0 Å². The van der Waals surface area contributed by atoms with Crippen molar-refractivity contribution in [2.24, 2.45) is 0 Å². The van der Waals surface area contributed by atoms with Crippen LogP contribution in [0.3, 0.4) is 0 Å². The fourth-order valence-electron chi connectivity index (χ4n) is 4.25. The molecule has 1 heterocycles. The van der Waals surface area contributed by atoms with E-state index < -0.39 is 19.7 Å². The quantitative estimate of drug-likeness (QED) is 0.169. The monoisotopic (exact) mass is 621 g/mol. The van der Waals surface area contributed by atoms with Gasteiger partial charge >= 0.3 is 11.2 Å². The van der Waals surface area contributed by atoms with Crippen molar-refractivity contribution in [1.29, 1.82) is 0 Å². The minimum absolute atomic E-state index is 0. The van der Waals surface area contributed by atoms with Crippen LogP contribution in [-0.4, -0.2) is 55.4 Å². The maximum Gasteiger partial charge on any atom is 0.368 e. The van der Waals surface area contributed by atoms with Gasteiger partial charge in [-0.25, -0.2) is 18.5 Å². The highest BCUT2D eigenvalue weighted by atomic mass is 35.7. The van der Waals surface area contributed by atoms with Gasteiger partial charge in [0.25, 0.3) is 0 Å². The second-order valence-electron chi connectivity index (χ2n) is 8.96. The third-order valence-corrected chi connectivity index (χ3v) is 8.37. The van der Waals surface area contributed by atoms with Crippen LogP contribution in [0.5, 0.6) is 0 Å². The Labute approximate surface area is 248 Å². The van der Waals surface area contributed by atoms with Gasteiger partial charge in [-0.3, -0.25) is 4.72 Å². The van der Waals surface area contributed by atoms with Gasteiger partial charge in [0.15, 0.2) is 5.38 Å². The average Bonchev–Trinajstić information content (AvgIpc) is 3.28. The highest BCUT2D eigenvalue weighted by Gasteiger charge is 2.25. The topological polar surface area (TPSA) is 112 Å². The Kier molecular flexibility index (Phi) is 11.4. The summed E-state index contributed by atoms with van der Waals surface area (Å²) in [4.78, 5) is 19.3. The summed E-state index contributed by atoms with van der Waals surface area (Å²) in [7, 11) is 2.18. The van der Waals surface area contributed by atoms with E-state index >= 15 is 0 Å². The molecule has 0 fully saturated rings. The third-order valence-electron chi connectivity index (χ3n) is 6.07. The number of sulfonamides is 1. The van der Waals surface area contributed by atoms with E-state index in [1.807, 2.05) is 36.4 Å². The molecule has 0 bridgehead atoms. The van der Waals surface area contributed by atoms with Crippen LogP contribution < -0.4 is 10.0 Å². The summed E-state index contributed by atoms with van der Waals surface area (Å²) in [5.74, 6) is 0.0845. The first-order chi connectivity index (χ1) is 18.7. The number of aromatic nitrogens is 1. The Balaban J connectivity index is 0.00000441. The standard InChI is InChI=1S/C28H29ClN4O4S2.ClH/c1-39(36,37)32-24-14-12-23(13-15-24)26-20-38(29)27(30-26)31-28(35)33(18-19-34)17-16-25(21-8-4-2-5-9-21)22-10-6-3-7-11-22;/h2-15,20,25,32,34H,16-19H2,1H3;1H/p+1. The minimum atomic E-state index is -3.38. The number of rotatable bonds is 11. The second-order valence-corrected chi connectivity index (χ2v) is 12.9. The number of hydrogen-bond acceptors (Lipinski definition) is 5. The second kappa shape index (κ2) is 14.5. The lowest BCUT2D eigenvalue weighted by Gasteiger charge is -2.25. The zero-order chi connectivity index (χ0) is 27.8. The highest BCUT2D eigenvalue weighted by Crippen LogP contribution is 2.38. The van der Waals surface area contributed by atoms with Gasteiger partial charge in [0, 0.05) is 30.3 Å². The lowest BCUT2D eigenvalue weighted by molar-refractivity contribution is 0.187. The van der Waals surface area contributed by atoms with Crippen LogP contribution in [-0.2, 0) is 10.0 Å². The molecule has 0 spiro atoms. The Bertz CT molecular complexity index is 1450. The van der Waals surface area contributed by atoms with Crippen molar-refractivity contribution in [2.45, 2.75) is 12.3 Å². The first-order valence-corrected chi connectivity index (χ1v) is 16.3. The van der Waals surface area contributed by atoms with E-state index in [0.717, 1.165) is 22.9 Å². The first kappa shape index (κ1) is 31.4. The number of nitrogens with one attached hydrogen (secondary N) is 2. The number of nitrogens with zero attached hydrogens (tertiary/aromatic N) is 2. The number of benzene rings is 3. The lowest BCUT2D eigenvalue weighted by atomic mass is 9.88. The molecule has 0 aliphatic heterocycles. The van der Waals surface area contributed by atoms with Crippen LogP contribution in [0.15, 0.2) is 90.3 Å². The molecule has 3 aromatic carbocycles. The summed E-state index contributed by atoms with van der Waals surface area (Å²) in [6.45, 7) is 0.408. The smallest absolute Gasteiger partial charge is 0.368 e. The van der Waals surface area contributed by atoms with Crippen molar-refractivity contribution >= 4 is 59.6 Å². The number of hydrogen-bond donors (Lipinski definition) is 3. The maximum absolute atomic E-state index is 13.2. The van der Waals surface area contributed by atoms with E-state index in [0.29, 0.717) is 29.5 Å². The van der Waals surface area contributed by atoms with Gasteiger partial charge in [-0.15, -0.1) is 12.4 Å². The van der Waals surface area contributed by atoms with Crippen LogP contribution >= 0.6 is 32.8 Å². The molecule has 0 radical (unpaired) electrons.